The number of sulfonamides is 1. The monoisotopic (exact) mass is 310 g/mol. The van der Waals surface area contributed by atoms with Crippen LogP contribution >= 0.6 is 0 Å². The molecule has 7 heteroatoms. The van der Waals surface area contributed by atoms with Gasteiger partial charge in [-0.15, -0.1) is 0 Å². The van der Waals surface area contributed by atoms with Crippen LogP contribution in [0.25, 0.3) is 0 Å². The molecular weight excluding hydrogens is 288 g/mol. The van der Waals surface area contributed by atoms with Gasteiger partial charge in [0.25, 0.3) is 0 Å². The summed E-state index contributed by atoms with van der Waals surface area (Å²) in [5.74, 6) is 0.862. The zero-order valence-corrected chi connectivity index (χ0v) is 13.3. The number of nitrogens with one attached hydrogen (secondary N) is 2. The van der Waals surface area contributed by atoms with Crippen molar-refractivity contribution in [2.24, 2.45) is 4.99 Å². The molecule has 6 nitrogen and oxygen atoms in total. The van der Waals surface area contributed by atoms with Crippen LogP contribution < -0.4 is 10.0 Å². The van der Waals surface area contributed by atoms with E-state index in [9.17, 15) is 8.42 Å². The van der Waals surface area contributed by atoms with Crippen molar-refractivity contribution in [2.75, 3.05) is 26.7 Å². The van der Waals surface area contributed by atoms with E-state index in [4.69, 9.17) is 0 Å². The average Bonchev–Trinajstić information content (AvgIpc) is 2.47. The van der Waals surface area contributed by atoms with Crippen LogP contribution in [-0.2, 0) is 16.6 Å². The average molecular weight is 310 g/mol. The number of hydrogen-bond donors (Lipinski definition) is 2. The van der Waals surface area contributed by atoms with E-state index in [1.807, 2.05) is 13.1 Å². The fraction of sp³-hybridized carbons (Fsp3) is 0.500. The molecule has 0 fully saturated rings. The standard InChI is InChI=1S/C14H22N4O2S/c1-3-17-21(19,20)13-7-4-6-12(10-13)11-16-14-15-8-5-9-18(14)2/h4,6-7,10,17H,3,5,8-9,11H2,1-2H3,(H,15,16). The molecule has 1 aliphatic rings. The number of guanidine groups is 1. The van der Waals surface area contributed by atoms with Gasteiger partial charge < -0.3 is 10.2 Å². The van der Waals surface area contributed by atoms with Crippen molar-refractivity contribution in [3.8, 4) is 0 Å². The summed E-state index contributed by atoms with van der Waals surface area (Å²) in [5.41, 5.74) is 0.913. The van der Waals surface area contributed by atoms with E-state index in [2.05, 4.69) is 19.9 Å². The van der Waals surface area contributed by atoms with Crippen molar-refractivity contribution in [1.29, 1.82) is 0 Å². The largest absolute Gasteiger partial charge is 0.352 e. The van der Waals surface area contributed by atoms with Gasteiger partial charge >= 0.3 is 0 Å². The van der Waals surface area contributed by atoms with Crippen LogP contribution in [-0.4, -0.2) is 46.0 Å². The van der Waals surface area contributed by atoms with Crippen LogP contribution in [0.2, 0.25) is 0 Å². The van der Waals surface area contributed by atoms with Gasteiger partial charge in [-0.25, -0.2) is 13.1 Å². The second-order valence-electron chi connectivity index (χ2n) is 4.98. The first kappa shape index (κ1) is 15.8. The molecule has 2 N–H and O–H groups in total. The highest BCUT2D eigenvalue weighted by Gasteiger charge is 2.14. The van der Waals surface area contributed by atoms with Crippen molar-refractivity contribution < 1.29 is 8.42 Å². The van der Waals surface area contributed by atoms with Gasteiger partial charge in [-0.2, -0.15) is 0 Å². The molecule has 0 unspecified atom stereocenters. The van der Waals surface area contributed by atoms with Gasteiger partial charge in [0.15, 0.2) is 5.96 Å². The molecule has 0 aromatic heterocycles. The summed E-state index contributed by atoms with van der Waals surface area (Å²) in [4.78, 5) is 6.79. The first-order valence-electron chi connectivity index (χ1n) is 7.11. The van der Waals surface area contributed by atoms with Crippen molar-refractivity contribution in [1.82, 2.24) is 14.9 Å². The summed E-state index contributed by atoms with van der Waals surface area (Å²) in [7, 11) is -1.41. The zero-order valence-electron chi connectivity index (χ0n) is 12.5. The van der Waals surface area contributed by atoms with E-state index < -0.39 is 10.0 Å². The Hall–Kier alpha value is -1.60. The van der Waals surface area contributed by atoms with E-state index in [1.165, 1.54) is 0 Å². The van der Waals surface area contributed by atoms with Gasteiger partial charge in [-0.05, 0) is 24.1 Å². The Morgan fingerprint density at radius 3 is 2.90 bits per heavy atom. The number of nitrogens with zero attached hydrogens (tertiary/aromatic N) is 2. The van der Waals surface area contributed by atoms with Gasteiger partial charge in [0.1, 0.15) is 0 Å². The van der Waals surface area contributed by atoms with Gasteiger partial charge in [-0.3, -0.25) is 4.99 Å². The lowest BCUT2D eigenvalue weighted by molar-refractivity contribution is 0.446. The third kappa shape index (κ3) is 4.18. The summed E-state index contributed by atoms with van der Waals surface area (Å²) in [6.07, 6.45) is 1.07. The molecule has 1 aromatic rings. The normalized spacial score (nSPS) is 15.7. The third-order valence-corrected chi connectivity index (χ3v) is 4.81. The molecule has 1 heterocycles. The molecule has 0 spiro atoms. The Morgan fingerprint density at radius 1 is 1.38 bits per heavy atom. The fourth-order valence-electron chi connectivity index (χ4n) is 2.19. The number of aliphatic imine (C=N–C) groups is 1. The lowest BCUT2D eigenvalue weighted by Crippen LogP contribution is -2.41. The SMILES string of the molecule is CCNS(=O)(=O)c1cccc(CNC2=NCCCN2C)c1. The molecule has 1 aliphatic heterocycles. The van der Waals surface area contributed by atoms with Gasteiger partial charge in [-0.1, -0.05) is 19.1 Å². The quantitative estimate of drug-likeness (QED) is 0.842. The van der Waals surface area contributed by atoms with Crippen molar-refractivity contribution in [3.05, 3.63) is 29.8 Å². The van der Waals surface area contributed by atoms with E-state index in [0.29, 0.717) is 18.0 Å². The Labute approximate surface area is 126 Å². The summed E-state index contributed by atoms with van der Waals surface area (Å²) in [6, 6.07) is 6.95. The molecule has 21 heavy (non-hydrogen) atoms. The smallest absolute Gasteiger partial charge is 0.240 e. The maximum atomic E-state index is 12.0. The van der Waals surface area contributed by atoms with E-state index in [0.717, 1.165) is 31.0 Å². The lowest BCUT2D eigenvalue weighted by atomic mass is 10.2. The van der Waals surface area contributed by atoms with Crippen LogP contribution in [0.15, 0.2) is 34.2 Å². The van der Waals surface area contributed by atoms with Crippen LogP contribution in [0, 0.1) is 0 Å². The molecule has 0 amide bonds. The van der Waals surface area contributed by atoms with Crippen molar-refractivity contribution in [2.45, 2.75) is 24.8 Å². The molecule has 116 valence electrons. The molecule has 0 saturated heterocycles. The van der Waals surface area contributed by atoms with Gasteiger partial charge in [0.2, 0.25) is 10.0 Å². The third-order valence-electron chi connectivity index (χ3n) is 3.27. The molecule has 2 rings (SSSR count). The number of hydrogen-bond acceptors (Lipinski definition) is 5. The van der Waals surface area contributed by atoms with Crippen LogP contribution in [0.5, 0.6) is 0 Å². The minimum atomic E-state index is -3.41. The molecule has 0 radical (unpaired) electrons. The Morgan fingerprint density at radius 2 is 2.19 bits per heavy atom. The van der Waals surface area contributed by atoms with E-state index in [1.54, 1.807) is 25.1 Å². The fourth-order valence-corrected chi connectivity index (χ4v) is 3.30. The first-order chi connectivity index (χ1) is 10.0. The molecule has 0 aliphatic carbocycles. The van der Waals surface area contributed by atoms with Crippen molar-refractivity contribution >= 4 is 16.0 Å². The molecule has 0 atom stereocenters. The minimum absolute atomic E-state index is 0.294. The van der Waals surface area contributed by atoms with Crippen LogP contribution in [0.3, 0.4) is 0 Å². The molecule has 0 saturated carbocycles. The number of benzene rings is 1. The Kier molecular flexibility index (Phi) is 5.19. The summed E-state index contributed by atoms with van der Waals surface area (Å²) in [5, 5.41) is 3.26. The van der Waals surface area contributed by atoms with E-state index in [-0.39, 0.29) is 0 Å². The van der Waals surface area contributed by atoms with Gasteiger partial charge in [0.05, 0.1) is 4.90 Å². The van der Waals surface area contributed by atoms with Crippen molar-refractivity contribution in [3.63, 3.8) is 0 Å². The van der Waals surface area contributed by atoms with E-state index >= 15 is 0 Å². The summed E-state index contributed by atoms with van der Waals surface area (Å²) >= 11 is 0. The van der Waals surface area contributed by atoms with Gasteiger partial charge in [0, 0.05) is 33.2 Å². The predicted octanol–water partition coefficient (Wildman–Crippen LogP) is 0.766. The minimum Gasteiger partial charge on any atom is -0.352 e. The molecule has 1 aromatic carbocycles. The second-order valence-corrected chi connectivity index (χ2v) is 6.75. The summed E-state index contributed by atoms with van der Waals surface area (Å²) in [6.45, 7) is 4.52. The highest BCUT2D eigenvalue weighted by molar-refractivity contribution is 7.89. The maximum absolute atomic E-state index is 12.0. The lowest BCUT2D eigenvalue weighted by Gasteiger charge is -2.25. The van der Waals surface area contributed by atoms with Crippen LogP contribution in [0.4, 0.5) is 0 Å². The molecule has 0 bridgehead atoms. The Bertz CT molecular complexity index is 613. The Balaban J connectivity index is 2.06. The summed E-state index contributed by atoms with van der Waals surface area (Å²) < 4.78 is 26.5. The predicted molar refractivity (Wildman–Crippen MR) is 83.7 cm³/mol. The highest BCUT2D eigenvalue weighted by atomic mass is 32.2. The topological polar surface area (TPSA) is 73.8 Å². The highest BCUT2D eigenvalue weighted by Crippen LogP contribution is 2.11. The zero-order chi connectivity index (χ0) is 15.3. The second kappa shape index (κ2) is 6.91. The maximum Gasteiger partial charge on any atom is 0.240 e. The van der Waals surface area contributed by atoms with Crippen LogP contribution in [0.1, 0.15) is 18.9 Å². The number of rotatable bonds is 5. The first-order valence-corrected chi connectivity index (χ1v) is 8.59. The molecular formula is C14H22N4O2S.